The Morgan fingerprint density at radius 2 is 2.08 bits per heavy atom. The van der Waals surface area contributed by atoms with Crippen LogP contribution in [0.5, 0.6) is 5.75 Å². The van der Waals surface area contributed by atoms with Crippen LogP contribution in [0.2, 0.25) is 0 Å². The molecule has 0 aliphatic carbocycles. The van der Waals surface area contributed by atoms with E-state index in [1.165, 1.54) is 18.3 Å². The molecule has 2 rings (SSSR count). The van der Waals surface area contributed by atoms with Crippen molar-refractivity contribution in [3.8, 4) is 5.75 Å². The van der Waals surface area contributed by atoms with E-state index in [2.05, 4.69) is 10.3 Å². The molecule has 0 spiro atoms. The summed E-state index contributed by atoms with van der Waals surface area (Å²) in [5.74, 6) is -2.44. The monoisotopic (exact) mass is 338 g/mol. The molecule has 1 atom stereocenters. The Kier molecular flexibility index (Phi) is 5.64. The van der Waals surface area contributed by atoms with Gasteiger partial charge < -0.3 is 20.1 Å². The number of nitrogens with one attached hydrogen (secondary N) is 2. The Hall–Kier alpha value is -2.74. The minimum absolute atomic E-state index is 0.0655. The molecule has 1 unspecified atom stereocenters. The number of aliphatic hydroxyl groups excluding tert-OH is 1. The van der Waals surface area contributed by atoms with E-state index in [9.17, 15) is 23.5 Å². The number of hydrogen-bond acceptors (Lipinski definition) is 4. The lowest BCUT2D eigenvalue weighted by Crippen LogP contribution is -2.35. The molecule has 0 fully saturated rings. The van der Waals surface area contributed by atoms with Crippen molar-refractivity contribution in [2.75, 3.05) is 13.2 Å². The summed E-state index contributed by atoms with van der Waals surface area (Å²) in [5, 5.41) is 12.3. The van der Waals surface area contributed by atoms with Crippen LogP contribution in [0.15, 0.2) is 35.3 Å². The van der Waals surface area contributed by atoms with Gasteiger partial charge in [0.15, 0.2) is 11.6 Å². The Morgan fingerprint density at radius 1 is 1.33 bits per heavy atom. The van der Waals surface area contributed by atoms with Gasteiger partial charge in [-0.05, 0) is 24.6 Å². The standard InChI is InChI=1S/C16H16F2N2O4/c1-9-4-15(22)19-7-12(9)16(23)20-6-10(21)8-24-11-2-3-13(17)14(18)5-11/h2-5,7,10,21H,6,8H2,1H3,(H,19,22)(H,20,23). The van der Waals surface area contributed by atoms with Crippen molar-refractivity contribution in [1.29, 1.82) is 0 Å². The fourth-order valence-corrected chi connectivity index (χ4v) is 1.94. The molecule has 0 aliphatic rings. The quantitative estimate of drug-likeness (QED) is 0.736. The van der Waals surface area contributed by atoms with Gasteiger partial charge in [-0.25, -0.2) is 8.78 Å². The second-order valence-corrected chi connectivity index (χ2v) is 5.14. The van der Waals surface area contributed by atoms with Crippen molar-refractivity contribution in [3.05, 3.63) is 63.6 Å². The molecule has 24 heavy (non-hydrogen) atoms. The van der Waals surface area contributed by atoms with E-state index in [1.807, 2.05) is 0 Å². The summed E-state index contributed by atoms with van der Waals surface area (Å²) in [6.07, 6.45) is 0.238. The molecule has 128 valence electrons. The molecular weight excluding hydrogens is 322 g/mol. The average molecular weight is 338 g/mol. The van der Waals surface area contributed by atoms with Crippen LogP contribution in [0.25, 0.3) is 0 Å². The van der Waals surface area contributed by atoms with Crippen LogP contribution < -0.4 is 15.6 Å². The Labute approximate surface area is 136 Å². The smallest absolute Gasteiger partial charge is 0.253 e. The van der Waals surface area contributed by atoms with Crippen LogP contribution in [0, 0.1) is 18.6 Å². The fourth-order valence-electron chi connectivity index (χ4n) is 1.94. The largest absolute Gasteiger partial charge is 0.491 e. The maximum Gasteiger partial charge on any atom is 0.253 e. The zero-order valence-corrected chi connectivity index (χ0v) is 12.8. The van der Waals surface area contributed by atoms with Crippen molar-refractivity contribution in [2.45, 2.75) is 13.0 Å². The summed E-state index contributed by atoms with van der Waals surface area (Å²) < 4.78 is 30.9. The van der Waals surface area contributed by atoms with E-state index in [-0.39, 0.29) is 30.0 Å². The average Bonchev–Trinajstić information content (AvgIpc) is 2.53. The van der Waals surface area contributed by atoms with Gasteiger partial charge in [-0.15, -0.1) is 0 Å². The number of amides is 1. The van der Waals surface area contributed by atoms with Gasteiger partial charge in [-0.2, -0.15) is 0 Å². The predicted molar refractivity (Wildman–Crippen MR) is 82.0 cm³/mol. The van der Waals surface area contributed by atoms with Gasteiger partial charge >= 0.3 is 0 Å². The Balaban J connectivity index is 1.84. The van der Waals surface area contributed by atoms with E-state index in [1.54, 1.807) is 6.92 Å². The fraction of sp³-hybridized carbons (Fsp3) is 0.250. The molecule has 1 amide bonds. The third kappa shape index (κ3) is 4.63. The summed E-state index contributed by atoms with van der Waals surface area (Å²) >= 11 is 0. The zero-order chi connectivity index (χ0) is 17.7. The molecule has 0 saturated carbocycles. The number of aliphatic hydroxyl groups is 1. The number of rotatable bonds is 6. The molecule has 2 aromatic rings. The number of carbonyl (C=O) groups excluding carboxylic acids is 1. The van der Waals surface area contributed by atoms with E-state index >= 15 is 0 Å². The van der Waals surface area contributed by atoms with Gasteiger partial charge in [0.25, 0.3) is 5.91 Å². The van der Waals surface area contributed by atoms with Crippen LogP contribution in [0.4, 0.5) is 8.78 Å². The zero-order valence-electron chi connectivity index (χ0n) is 12.8. The van der Waals surface area contributed by atoms with Crippen LogP contribution in [0.3, 0.4) is 0 Å². The minimum atomic E-state index is -1.05. The van der Waals surface area contributed by atoms with Crippen molar-refractivity contribution in [2.24, 2.45) is 0 Å². The van der Waals surface area contributed by atoms with Crippen LogP contribution in [-0.4, -0.2) is 35.3 Å². The lowest BCUT2D eigenvalue weighted by Gasteiger charge is -2.14. The highest BCUT2D eigenvalue weighted by Gasteiger charge is 2.12. The van der Waals surface area contributed by atoms with Crippen molar-refractivity contribution in [1.82, 2.24) is 10.3 Å². The van der Waals surface area contributed by atoms with Gasteiger partial charge in [0.1, 0.15) is 18.5 Å². The molecule has 6 nitrogen and oxygen atoms in total. The number of aryl methyl sites for hydroxylation is 1. The topological polar surface area (TPSA) is 91.4 Å². The van der Waals surface area contributed by atoms with Crippen LogP contribution in [-0.2, 0) is 0 Å². The first-order valence-electron chi connectivity index (χ1n) is 7.10. The van der Waals surface area contributed by atoms with E-state index < -0.39 is 23.6 Å². The third-order valence-corrected chi connectivity index (χ3v) is 3.21. The van der Waals surface area contributed by atoms with Gasteiger partial charge in [0.05, 0.1) is 5.56 Å². The summed E-state index contributed by atoms with van der Waals surface area (Å²) in [6, 6.07) is 4.30. The minimum Gasteiger partial charge on any atom is -0.491 e. The summed E-state index contributed by atoms with van der Waals surface area (Å²) in [4.78, 5) is 25.5. The number of halogens is 2. The maximum atomic E-state index is 13.0. The summed E-state index contributed by atoms with van der Waals surface area (Å²) in [5.41, 5.74) is 0.469. The second-order valence-electron chi connectivity index (χ2n) is 5.14. The number of hydrogen-bond donors (Lipinski definition) is 3. The molecule has 1 aromatic carbocycles. The second kappa shape index (κ2) is 7.69. The number of aromatic amines is 1. The van der Waals surface area contributed by atoms with E-state index in [0.29, 0.717) is 5.56 Å². The van der Waals surface area contributed by atoms with Crippen molar-refractivity contribution >= 4 is 5.91 Å². The molecule has 1 heterocycles. The van der Waals surface area contributed by atoms with E-state index in [0.717, 1.165) is 12.1 Å². The van der Waals surface area contributed by atoms with Gasteiger partial charge in [0, 0.05) is 24.9 Å². The van der Waals surface area contributed by atoms with Gasteiger partial charge in [-0.1, -0.05) is 0 Å². The molecule has 1 aromatic heterocycles. The molecule has 8 heteroatoms. The van der Waals surface area contributed by atoms with Crippen molar-refractivity contribution in [3.63, 3.8) is 0 Å². The first-order chi connectivity index (χ1) is 11.4. The van der Waals surface area contributed by atoms with Gasteiger partial charge in [0.2, 0.25) is 5.56 Å². The normalized spacial score (nSPS) is 11.8. The first-order valence-corrected chi connectivity index (χ1v) is 7.10. The summed E-state index contributed by atoms with van der Waals surface area (Å²) in [7, 11) is 0. The Bertz CT molecular complexity index is 792. The maximum absolute atomic E-state index is 13.0. The number of pyridine rings is 1. The number of aromatic nitrogens is 1. The lowest BCUT2D eigenvalue weighted by atomic mass is 10.1. The lowest BCUT2D eigenvalue weighted by molar-refractivity contribution is 0.0842. The molecule has 0 bridgehead atoms. The highest BCUT2D eigenvalue weighted by molar-refractivity contribution is 5.95. The molecule has 0 aliphatic heterocycles. The van der Waals surface area contributed by atoms with E-state index in [4.69, 9.17) is 4.74 Å². The van der Waals surface area contributed by atoms with Crippen LogP contribution >= 0.6 is 0 Å². The SMILES string of the molecule is Cc1cc(=O)[nH]cc1C(=O)NCC(O)COc1ccc(F)c(F)c1. The number of benzene rings is 1. The summed E-state index contributed by atoms with van der Waals surface area (Å²) in [6.45, 7) is 1.30. The number of ether oxygens (including phenoxy) is 1. The van der Waals surface area contributed by atoms with Crippen molar-refractivity contribution < 1.29 is 23.4 Å². The molecule has 0 radical (unpaired) electrons. The Morgan fingerprint density at radius 3 is 2.75 bits per heavy atom. The highest BCUT2D eigenvalue weighted by Crippen LogP contribution is 2.15. The third-order valence-electron chi connectivity index (χ3n) is 3.21. The number of H-pyrrole nitrogens is 1. The first kappa shape index (κ1) is 17.6. The molecular formula is C16H16F2N2O4. The van der Waals surface area contributed by atoms with Gasteiger partial charge in [-0.3, -0.25) is 9.59 Å². The molecule has 0 saturated heterocycles. The number of carbonyl (C=O) groups is 1. The highest BCUT2D eigenvalue weighted by atomic mass is 19.2. The van der Waals surface area contributed by atoms with Crippen LogP contribution in [0.1, 0.15) is 15.9 Å². The molecule has 3 N–H and O–H groups in total. The predicted octanol–water partition coefficient (Wildman–Crippen LogP) is 1.13.